The number of nitrogens with one attached hydrogen (secondary N) is 1. The van der Waals surface area contributed by atoms with Crippen molar-refractivity contribution in [3.63, 3.8) is 0 Å². The maximum atomic E-state index is 12.2. The Labute approximate surface area is 150 Å². The number of fused-ring (bicyclic) bond motifs is 1. The van der Waals surface area contributed by atoms with E-state index in [2.05, 4.69) is 10.1 Å². The quantitative estimate of drug-likeness (QED) is 0.284. The minimum absolute atomic E-state index is 0.177. The van der Waals surface area contributed by atoms with E-state index in [4.69, 9.17) is 17.3 Å². The Balaban J connectivity index is 2.10. The standard InChI is InChI=1S/C13H14ClN3O7S/c14-2-6(18)1-7(19)16-8-10(20)17-9(12(21)22)5(3-24-13(15)23)4-25-11(8)17/h8,11H,1-4H2,(H2,15,23)(H,16,19)(H,21,22)/t8?,11-/m1/s1. The Morgan fingerprint density at radius 1 is 1.40 bits per heavy atom. The Hall–Kier alpha value is -2.27. The molecule has 0 saturated carbocycles. The molecule has 1 unspecified atom stereocenters. The van der Waals surface area contributed by atoms with Gasteiger partial charge in [0.2, 0.25) is 5.91 Å². The average molecular weight is 392 g/mol. The van der Waals surface area contributed by atoms with E-state index < -0.39 is 47.5 Å². The number of amides is 3. The van der Waals surface area contributed by atoms with Crippen molar-refractivity contribution >= 4 is 53.0 Å². The van der Waals surface area contributed by atoms with Crippen molar-refractivity contribution in [3.8, 4) is 0 Å². The molecule has 0 spiro atoms. The minimum atomic E-state index is -1.36. The third kappa shape index (κ3) is 4.04. The first-order valence-corrected chi connectivity index (χ1v) is 8.53. The van der Waals surface area contributed by atoms with Gasteiger partial charge in [-0.25, -0.2) is 9.59 Å². The first-order chi connectivity index (χ1) is 11.8. The first kappa shape index (κ1) is 19.1. The molecule has 0 bridgehead atoms. The van der Waals surface area contributed by atoms with Crippen LogP contribution in [0.3, 0.4) is 0 Å². The number of nitrogens with two attached hydrogens (primary N) is 1. The number of rotatable bonds is 7. The molecule has 2 rings (SSSR count). The number of aliphatic carboxylic acids is 1. The highest BCUT2D eigenvalue weighted by molar-refractivity contribution is 8.00. The molecule has 2 heterocycles. The lowest BCUT2D eigenvalue weighted by atomic mass is 10.0. The zero-order chi connectivity index (χ0) is 18.7. The fourth-order valence-corrected chi connectivity index (χ4v) is 3.83. The lowest BCUT2D eigenvalue weighted by Crippen LogP contribution is -2.70. The number of carbonyl (C=O) groups is 5. The summed E-state index contributed by atoms with van der Waals surface area (Å²) in [6, 6.07) is -0.936. The number of carboxylic acid groups (broad SMARTS) is 1. The molecule has 4 N–H and O–H groups in total. The molecular weight excluding hydrogens is 378 g/mol. The predicted octanol–water partition coefficient (Wildman–Crippen LogP) is -0.982. The fraction of sp³-hybridized carbons (Fsp3) is 0.462. The summed E-state index contributed by atoms with van der Waals surface area (Å²) in [5.41, 5.74) is 4.79. The van der Waals surface area contributed by atoms with Crippen LogP contribution in [-0.2, 0) is 23.9 Å². The van der Waals surface area contributed by atoms with Gasteiger partial charge in [-0.05, 0) is 0 Å². The summed E-state index contributed by atoms with van der Waals surface area (Å²) in [4.78, 5) is 58.3. The lowest BCUT2D eigenvalue weighted by molar-refractivity contribution is -0.151. The number of hydrogen-bond donors (Lipinski definition) is 3. The summed E-state index contributed by atoms with van der Waals surface area (Å²) >= 11 is 6.52. The van der Waals surface area contributed by atoms with Crippen LogP contribution >= 0.6 is 23.4 Å². The van der Waals surface area contributed by atoms with Gasteiger partial charge in [-0.15, -0.1) is 23.4 Å². The summed E-state index contributed by atoms with van der Waals surface area (Å²) in [7, 11) is 0. The Morgan fingerprint density at radius 3 is 2.64 bits per heavy atom. The van der Waals surface area contributed by atoms with E-state index in [0.717, 1.165) is 4.90 Å². The summed E-state index contributed by atoms with van der Waals surface area (Å²) < 4.78 is 4.60. The van der Waals surface area contributed by atoms with Crippen molar-refractivity contribution in [2.24, 2.45) is 5.73 Å². The van der Waals surface area contributed by atoms with Crippen LogP contribution in [0.4, 0.5) is 4.79 Å². The molecule has 3 amide bonds. The fourth-order valence-electron chi connectivity index (χ4n) is 2.40. The number of carbonyl (C=O) groups excluding carboxylic acids is 4. The molecule has 136 valence electrons. The van der Waals surface area contributed by atoms with Gasteiger partial charge in [-0.2, -0.15) is 0 Å². The van der Waals surface area contributed by atoms with Gasteiger partial charge in [0.25, 0.3) is 5.91 Å². The summed E-state index contributed by atoms with van der Waals surface area (Å²) in [6.45, 7) is -0.346. The molecule has 0 aromatic heterocycles. The molecule has 2 atom stereocenters. The predicted molar refractivity (Wildman–Crippen MR) is 85.6 cm³/mol. The monoisotopic (exact) mass is 391 g/mol. The van der Waals surface area contributed by atoms with Crippen LogP contribution in [0.2, 0.25) is 0 Å². The lowest BCUT2D eigenvalue weighted by Gasteiger charge is -2.49. The van der Waals surface area contributed by atoms with Crippen molar-refractivity contribution in [2.75, 3.05) is 18.2 Å². The largest absolute Gasteiger partial charge is 0.477 e. The number of Topliss-reactive ketones (excluding diaryl/α,β-unsaturated/α-hetero) is 1. The van der Waals surface area contributed by atoms with E-state index in [1.54, 1.807) is 0 Å². The van der Waals surface area contributed by atoms with Crippen LogP contribution in [0.1, 0.15) is 6.42 Å². The van der Waals surface area contributed by atoms with Crippen molar-refractivity contribution in [1.82, 2.24) is 10.2 Å². The summed E-state index contributed by atoms with van der Waals surface area (Å²) in [6.07, 6.45) is -1.52. The summed E-state index contributed by atoms with van der Waals surface area (Å²) in [5, 5.41) is 11.1. The van der Waals surface area contributed by atoms with E-state index in [-0.39, 0.29) is 29.5 Å². The minimum Gasteiger partial charge on any atom is -0.477 e. The molecule has 25 heavy (non-hydrogen) atoms. The third-order valence-electron chi connectivity index (χ3n) is 3.46. The number of ether oxygens (including phenoxy) is 1. The number of alkyl halides is 1. The highest BCUT2D eigenvalue weighted by Crippen LogP contribution is 2.40. The second-order valence-corrected chi connectivity index (χ2v) is 6.54. The van der Waals surface area contributed by atoms with Gasteiger partial charge < -0.3 is 20.9 Å². The molecule has 0 radical (unpaired) electrons. The Morgan fingerprint density at radius 2 is 2.08 bits per heavy atom. The first-order valence-electron chi connectivity index (χ1n) is 6.95. The third-order valence-corrected chi connectivity index (χ3v) is 5.10. The second-order valence-electron chi connectivity index (χ2n) is 5.17. The number of β-lactam (4-membered cyclic amide) rings is 1. The van der Waals surface area contributed by atoms with Gasteiger partial charge in [0, 0.05) is 11.3 Å². The average Bonchev–Trinajstić information content (AvgIpc) is 2.56. The Bertz CT molecular complexity index is 681. The smallest absolute Gasteiger partial charge is 0.404 e. The molecule has 1 saturated heterocycles. The number of carboxylic acids is 1. The van der Waals surface area contributed by atoms with Crippen LogP contribution < -0.4 is 11.1 Å². The molecule has 0 aliphatic carbocycles. The van der Waals surface area contributed by atoms with Gasteiger partial charge in [0.1, 0.15) is 23.7 Å². The van der Waals surface area contributed by atoms with Crippen LogP contribution in [0.15, 0.2) is 11.3 Å². The maximum absolute atomic E-state index is 12.2. The van der Waals surface area contributed by atoms with Crippen molar-refractivity contribution in [2.45, 2.75) is 17.8 Å². The van der Waals surface area contributed by atoms with Gasteiger partial charge in [-0.1, -0.05) is 0 Å². The molecule has 10 nitrogen and oxygen atoms in total. The van der Waals surface area contributed by atoms with E-state index in [1.807, 2.05) is 0 Å². The van der Waals surface area contributed by atoms with E-state index in [9.17, 15) is 29.1 Å². The number of hydrogen-bond acceptors (Lipinski definition) is 7. The number of nitrogens with zero attached hydrogens (tertiary/aromatic N) is 1. The summed E-state index contributed by atoms with van der Waals surface area (Å²) in [5.74, 6) is -3.27. The number of thioether (sulfide) groups is 1. The topological polar surface area (TPSA) is 156 Å². The molecule has 2 aliphatic heterocycles. The van der Waals surface area contributed by atoms with Gasteiger partial charge in [-0.3, -0.25) is 19.3 Å². The molecule has 1 fully saturated rings. The zero-order valence-corrected chi connectivity index (χ0v) is 14.3. The van der Waals surface area contributed by atoms with E-state index >= 15 is 0 Å². The number of ketones is 1. The highest BCUT2D eigenvalue weighted by Gasteiger charge is 2.54. The zero-order valence-electron chi connectivity index (χ0n) is 12.7. The van der Waals surface area contributed by atoms with Crippen molar-refractivity contribution in [1.29, 1.82) is 0 Å². The van der Waals surface area contributed by atoms with Crippen LogP contribution in [-0.4, -0.2) is 69.3 Å². The Kier molecular flexibility index (Phi) is 5.90. The van der Waals surface area contributed by atoms with E-state index in [0.29, 0.717) is 0 Å². The SMILES string of the molecule is NC(=O)OCC1=C(C(=O)O)N2C(=O)C(NC(=O)CC(=O)CCl)[C@H]2SC1. The van der Waals surface area contributed by atoms with Crippen molar-refractivity contribution < 1.29 is 33.8 Å². The van der Waals surface area contributed by atoms with Gasteiger partial charge in [0.05, 0.1) is 12.3 Å². The molecule has 12 heteroatoms. The molecule has 0 aromatic carbocycles. The van der Waals surface area contributed by atoms with E-state index in [1.165, 1.54) is 11.8 Å². The van der Waals surface area contributed by atoms with Crippen LogP contribution in [0.25, 0.3) is 0 Å². The van der Waals surface area contributed by atoms with Gasteiger partial charge in [0.15, 0.2) is 5.78 Å². The van der Waals surface area contributed by atoms with Crippen LogP contribution in [0, 0.1) is 0 Å². The van der Waals surface area contributed by atoms with Crippen LogP contribution in [0.5, 0.6) is 0 Å². The molecular formula is C13H14ClN3O7S. The number of halogens is 1. The number of primary amides is 1. The second kappa shape index (κ2) is 7.74. The normalized spacial score (nSPS) is 22.0. The highest BCUT2D eigenvalue weighted by atomic mass is 35.5. The maximum Gasteiger partial charge on any atom is 0.404 e. The molecule has 0 aromatic rings. The van der Waals surface area contributed by atoms with Gasteiger partial charge >= 0.3 is 12.1 Å². The molecule has 2 aliphatic rings. The van der Waals surface area contributed by atoms with Crippen molar-refractivity contribution in [3.05, 3.63) is 11.3 Å².